The highest BCUT2D eigenvalue weighted by molar-refractivity contribution is 5.85. The van der Waals surface area contributed by atoms with Gasteiger partial charge in [0, 0.05) is 24.7 Å². The third kappa shape index (κ3) is 3.66. The second kappa shape index (κ2) is 8.03. The van der Waals surface area contributed by atoms with E-state index in [-0.39, 0.29) is 42.0 Å². The van der Waals surface area contributed by atoms with Gasteiger partial charge in [0.05, 0.1) is 11.8 Å². The van der Waals surface area contributed by atoms with Gasteiger partial charge in [-0.1, -0.05) is 5.16 Å². The van der Waals surface area contributed by atoms with Gasteiger partial charge in [-0.05, 0) is 68.2 Å². The number of rotatable bonds is 3. The number of hydrogen-bond donors (Lipinski definition) is 1. The number of hydrogen-bond acceptors (Lipinski definition) is 5. The quantitative estimate of drug-likeness (QED) is 0.822. The molecule has 5 rings (SSSR count). The third-order valence-corrected chi connectivity index (χ3v) is 6.89. The highest BCUT2D eigenvalue weighted by Crippen LogP contribution is 2.48. The maximum Gasteiger partial charge on any atom is 0.231 e. The topological polar surface area (TPSA) is 85.3 Å². The molecule has 0 radical (unpaired) electrons. The Morgan fingerprint density at radius 2 is 1.93 bits per heavy atom. The van der Waals surface area contributed by atoms with Crippen LogP contribution in [0.25, 0.3) is 11.4 Å². The van der Waals surface area contributed by atoms with Crippen molar-refractivity contribution in [2.45, 2.75) is 44.1 Å². The van der Waals surface area contributed by atoms with E-state index < -0.39 is 0 Å². The van der Waals surface area contributed by atoms with E-state index in [9.17, 15) is 9.18 Å². The summed E-state index contributed by atoms with van der Waals surface area (Å²) in [5.41, 5.74) is 7.10. The Bertz CT molecular complexity index is 872. The zero-order chi connectivity index (χ0) is 19.3. The molecule has 2 bridgehead atoms. The molecule has 1 saturated heterocycles. The maximum absolute atomic E-state index is 13.2. The van der Waals surface area contributed by atoms with E-state index in [1.54, 1.807) is 12.1 Å². The number of carbonyl (C=O) groups excluding carboxylic acids is 1. The fourth-order valence-corrected chi connectivity index (χ4v) is 5.41. The van der Waals surface area contributed by atoms with Crippen LogP contribution in [0.3, 0.4) is 0 Å². The second-order valence-electron chi connectivity index (χ2n) is 8.52. The molecule has 8 heteroatoms. The van der Waals surface area contributed by atoms with Crippen LogP contribution in [0.4, 0.5) is 4.39 Å². The van der Waals surface area contributed by atoms with E-state index in [1.807, 2.05) is 4.90 Å². The molecule has 3 fully saturated rings. The molecule has 29 heavy (non-hydrogen) atoms. The SMILES string of the molecule is Cl.NC1C2CCC(C2)C1C(=O)N1CCCC(c2nc(-c3ccc(F)cc3)no2)C1. The standard InChI is InChI=1S/C21H25FN4O2.ClH/c22-16-7-5-12(6-8-16)19-24-20(28-25-19)15-2-1-9-26(11-15)21(27)17-13-3-4-14(10-13)18(17)23;/h5-8,13-15,17-18H,1-4,9-11,23H2;1H. The van der Waals surface area contributed by atoms with Crippen LogP contribution in [0.2, 0.25) is 0 Å². The summed E-state index contributed by atoms with van der Waals surface area (Å²) < 4.78 is 18.6. The first-order valence-corrected chi connectivity index (χ1v) is 10.2. The van der Waals surface area contributed by atoms with E-state index in [2.05, 4.69) is 10.1 Å². The van der Waals surface area contributed by atoms with Crippen molar-refractivity contribution in [2.24, 2.45) is 23.5 Å². The van der Waals surface area contributed by atoms with Crippen molar-refractivity contribution in [1.82, 2.24) is 15.0 Å². The zero-order valence-electron chi connectivity index (χ0n) is 16.2. The minimum atomic E-state index is -0.298. The Morgan fingerprint density at radius 1 is 1.17 bits per heavy atom. The average molecular weight is 421 g/mol. The van der Waals surface area contributed by atoms with Crippen molar-refractivity contribution < 1.29 is 13.7 Å². The summed E-state index contributed by atoms with van der Waals surface area (Å²) in [5, 5.41) is 4.05. The number of fused-ring (bicyclic) bond motifs is 2. The lowest BCUT2D eigenvalue weighted by atomic mass is 9.83. The molecule has 5 unspecified atom stereocenters. The lowest BCUT2D eigenvalue weighted by molar-refractivity contribution is -0.139. The molecule has 0 spiro atoms. The number of halogens is 2. The molecule has 5 atom stereocenters. The number of nitrogens with two attached hydrogens (primary N) is 1. The number of benzene rings is 1. The van der Waals surface area contributed by atoms with Gasteiger partial charge in [0.15, 0.2) is 0 Å². The van der Waals surface area contributed by atoms with E-state index >= 15 is 0 Å². The van der Waals surface area contributed by atoms with Crippen molar-refractivity contribution >= 4 is 18.3 Å². The summed E-state index contributed by atoms with van der Waals surface area (Å²) in [4.78, 5) is 19.7. The van der Waals surface area contributed by atoms with E-state index in [0.29, 0.717) is 35.7 Å². The zero-order valence-corrected chi connectivity index (χ0v) is 17.0. The van der Waals surface area contributed by atoms with Gasteiger partial charge < -0.3 is 15.2 Å². The Labute approximate surface area is 175 Å². The fraction of sp³-hybridized carbons (Fsp3) is 0.571. The Balaban J connectivity index is 0.00000205. The molecule has 2 N–H and O–H groups in total. The summed E-state index contributed by atoms with van der Waals surface area (Å²) in [6, 6.07) is 6.05. The van der Waals surface area contributed by atoms with Gasteiger partial charge in [-0.25, -0.2) is 4.39 Å². The maximum atomic E-state index is 13.2. The molecule has 1 aromatic heterocycles. The molecule has 1 amide bonds. The smallest absolute Gasteiger partial charge is 0.231 e. The van der Waals surface area contributed by atoms with Crippen molar-refractivity contribution in [3.8, 4) is 11.4 Å². The summed E-state index contributed by atoms with van der Waals surface area (Å²) in [7, 11) is 0. The number of amides is 1. The van der Waals surface area contributed by atoms with Crippen LogP contribution in [-0.4, -0.2) is 40.1 Å². The van der Waals surface area contributed by atoms with Crippen molar-refractivity contribution in [3.05, 3.63) is 36.0 Å². The number of aromatic nitrogens is 2. The number of likely N-dealkylation sites (tertiary alicyclic amines) is 1. The first-order valence-electron chi connectivity index (χ1n) is 10.2. The van der Waals surface area contributed by atoms with Gasteiger partial charge in [0.2, 0.25) is 17.6 Å². The van der Waals surface area contributed by atoms with Crippen LogP contribution in [-0.2, 0) is 4.79 Å². The van der Waals surface area contributed by atoms with E-state index in [0.717, 1.165) is 32.2 Å². The molecule has 156 valence electrons. The first-order chi connectivity index (χ1) is 13.6. The Kier molecular flexibility index (Phi) is 5.62. The molecule has 6 nitrogen and oxygen atoms in total. The van der Waals surface area contributed by atoms with E-state index in [4.69, 9.17) is 10.3 Å². The monoisotopic (exact) mass is 420 g/mol. The average Bonchev–Trinajstić information content (AvgIpc) is 3.44. The molecular formula is C21H26ClFN4O2. The number of carbonyl (C=O) groups is 1. The molecule has 2 aromatic rings. The summed E-state index contributed by atoms with van der Waals surface area (Å²) >= 11 is 0. The van der Waals surface area contributed by atoms with Crippen molar-refractivity contribution in [1.29, 1.82) is 0 Å². The van der Waals surface area contributed by atoms with Crippen molar-refractivity contribution in [3.63, 3.8) is 0 Å². The van der Waals surface area contributed by atoms with Gasteiger partial charge >= 0.3 is 0 Å². The largest absolute Gasteiger partial charge is 0.342 e. The van der Waals surface area contributed by atoms with E-state index in [1.165, 1.54) is 18.6 Å². The minimum Gasteiger partial charge on any atom is -0.342 e. The second-order valence-corrected chi connectivity index (χ2v) is 8.52. The van der Waals surface area contributed by atoms with Crippen molar-refractivity contribution in [2.75, 3.05) is 13.1 Å². The predicted octanol–water partition coefficient (Wildman–Crippen LogP) is 3.38. The van der Waals surface area contributed by atoms with Gasteiger partial charge in [-0.3, -0.25) is 4.79 Å². The number of nitrogens with zero attached hydrogens (tertiary/aromatic N) is 3. The molecular weight excluding hydrogens is 395 g/mol. The van der Waals surface area contributed by atoms with Crippen LogP contribution in [0.5, 0.6) is 0 Å². The summed E-state index contributed by atoms with van der Waals surface area (Å²) in [6.45, 7) is 1.37. The van der Waals surface area contributed by atoms with Gasteiger partial charge in [0.25, 0.3) is 0 Å². The molecule has 2 aliphatic carbocycles. The Hall–Kier alpha value is -1.99. The minimum absolute atomic E-state index is 0. The van der Waals surface area contributed by atoms with Crippen LogP contribution in [0.15, 0.2) is 28.8 Å². The highest BCUT2D eigenvalue weighted by Gasteiger charge is 2.50. The number of piperidine rings is 1. The first kappa shape index (κ1) is 20.3. The normalized spacial score (nSPS) is 31.0. The summed E-state index contributed by atoms with van der Waals surface area (Å²) in [6.07, 6.45) is 5.25. The summed E-state index contributed by atoms with van der Waals surface area (Å²) in [5.74, 6) is 1.91. The van der Waals surface area contributed by atoms with Crippen LogP contribution in [0.1, 0.15) is 43.9 Å². The molecule has 3 aliphatic rings. The van der Waals surface area contributed by atoms with Gasteiger partial charge in [0.1, 0.15) is 5.82 Å². The molecule has 1 aliphatic heterocycles. The van der Waals surface area contributed by atoms with Gasteiger partial charge in [-0.15, -0.1) is 12.4 Å². The van der Waals surface area contributed by atoms with Gasteiger partial charge in [-0.2, -0.15) is 4.98 Å². The van der Waals surface area contributed by atoms with Crippen LogP contribution < -0.4 is 5.73 Å². The predicted molar refractivity (Wildman–Crippen MR) is 108 cm³/mol. The third-order valence-electron chi connectivity index (χ3n) is 6.89. The molecule has 1 aromatic carbocycles. The fourth-order valence-electron chi connectivity index (χ4n) is 5.41. The van der Waals surface area contributed by atoms with Crippen LogP contribution >= 0.6 is 12.4 Å². The van der Waals surface area contributed by atoms with Crippen LogP contribution in [0, 0.1) is 23.6 Å². The lowest BCUT2D eigenvalue weighted by Gasteiger charge is -2.36. The lowest BCUT2D eigenvalue weighted by Crippen LogP contribution is -2.49. The Morgan fingerprint density at radius 3 is 2.66 bits per heavy atom. The molecule has 2 heterocycles. The highest BCUT2D eigenvalue weighted by atomic mass is 35.5. The molecule has 2 saturated carbocycles.